The number of carbonyl (C=O) groups is 2. The summed E-state index contributed by atoms with van der Waals surface area (Å²) in [5.74, 6) is -0.597. The van der Waals surface area contributed by atoms with Gasteiger partial charge in [-0.25, -0.2) is 9.78 Å². The number of ether oxygens (including phenoxy) is 1. The molecular weight excluding hydrogens is 546 g/mol. The van der Waals surface area contributed by atoms with E-state index in [-0.39, 0.29) is 18.0 Å². The summed E-state index contributed by atoms with van der Waals surface area (Å²) < 4.78 is 7.57. The molecule has 1 aliphatic heterocycles. The molecule has 1 N–H and O–H groups in total. The molecule has 3 aromatic heterocycles. The van der Waals surface area contributed by atoms with Gasteiger partial charge in [-0.05, 0) is 71.7 Å². The second-order valence-electron chi connectivity index (χ2n) is 11.3. The predicted molar refractivity (Wildman–Crippen MR) is 166 cm³/mol. The minimum absolute atomic E-state index is 0.0235. The normalized spacial score (nSPS) is 16.3. The van der Waals surface area contributed by atoms with Crippen LogP contribution in [0.25, 0.3) is 43.6 Å². The van der Waals surface area contributed by atoms with Gasteiger partial charge in [0.05, 0.1) is 46.1 Å². The molecule has 0 atom stereocenters. The lowest BCUT2D eigenvalue weighted by Crippen LogP contribution is -2.42. The number of rotatable bonds is 6. The van der Waals surface area contributed by atoms with Gasteiger partial charge in [0.15, 0.2) is 0 Å². The average Bonchev–Trinajstić information content (AvgIpc) is 3.68. The number of nitrogens with zero attached hydrogens (tertiary/aromatic N) is 3. The van der Waals surface area contributed by atoms with E-state index in [1.165, 1.54) is 24.8 Å². The molecule has 1 aliphatic carbocycles. The third kappa shape index (κ3) is 4.99. The van der Waals surface area contributed by atoms with Gasteiger partial charge < -0.3 is 19.3 Å². The van der Waals surface area contributed by atoms with Crippen molar-refractivity contribution >= 4 is 45.0 Å². The summed E-state index contributed by atoms with van der Waals surface area (Å²) in [5.41, 5.74) is 6.19. The smallest absolute Gasteiger partial charge is 0.335 e. The number of hydrogen-bond donors (Lipinski definition) is 1. The molecule has 1 saturated heterocycles. The van der Waals surface area contributed by atoms with Crippen LogP contribution in [0, 0.1) is 0 Å². The zero-order valence-electron chi connectivity index (χ0n) is 23.4. The molecule has 214 valence electrons. The third-order valence-corrected chi connectivity index (χ3v) is 9.65. The van der Waals surface area contributed by atoms with E-state index in [0.717, 1.165) is 56.5 Å². The van der Waals surface area contributed by atoms with Crippen LogP contribution in [0.1, 0.15) is 53.9 Å². The van der Waals surface area contributed by atoms with Crippen LogP contribution in [0.4, 0.5) is 0 Å². The number of pyridine rings is 1. The van der Waals surface area contributed by atoms with Gasteiger partial charge in [0.1, 0.15) is 6.54 Å². The lowest BCUT2D eigenvalue weighted by atomic mass is 9.81. The van der Waals surface area contributed by atoms with Crippen LogP contribution in [-0.4, -0.2) is 57.7 Å². The number of carboxylic acid groups (broad SMARTS) is 1. The Morgan fingerprint density at radius 1 is 0.976 bits per heavy atom. The molecule has 2 fully saturated rings. The van der Waals surface area contributed by atoms with Gasteiger partial charge in [-0.15, -0.1) is 11.3 Å². The largest absolute Gasteiger partial charge is 0.478 e. The fourth-order valence-electron chi connectivity index (χ4n) is 6.67. The summed E-state index contributed by atoms with van der Waals surface area (Å²) in [7, 11) is 0. The molecule has 5 aromatic rings. The molecule has 1 saturated carbocycles. The monoisotopic (exact) mass is 579 g/mol. The number of fused-ring (bicyclic) bond motifs is 2. The van der Waals surface area contributed by atoms with Crippen molar-refractivity contribution in [2.75, 3.05) is 26.3 Å². The maximum Gasteiger partial charge on any atom is 0.335 e. The Hall–Kier alpha value is -4.01. The Balaban J connectivity index is 1.42. The summed E-state index contributed by atoms with van der Waals surface area (Å²) >= 11 is 1.68. The van der Waals surface area contributed by atoms with E-state index in [1.807, 2.05) is 17.0 Å². The van der Waals surface area contributed by atoms with Crippen molar-refractivity contribution in [1.82, 2.24) is 14.5 Å². The zero-order chi connectivity index (χ0) is 28.6. The van der Waals surface area contributed by atoms with Crippen LogP contribution in [0.15, 0.2) is 66.0 Å². The molecule has 4 heterocycles. The van der Waals surface area contributed by atoms with Gasteiger partial charge in [-0.2, -0.15) is 0 Å². The summed E-state index contributed by atoms with van der Waals surface area (Å²) in [4.78, 5) is 33.7. The van der Waals surface area contributed by atoms with E-state index in [9.17, 15) is 14.7 Å². The van der Waals surface area contributed by atoms with Crippen molar-refractivity contribution in [2.45, 2.75) is 44.6 Å². The predicted octanol–water partition coefficient (Wildman–Crippen LogP) is 7.19. The van der Waals surface area contributed by atoms with Crippen molar-refractivity contribution < 1.29 is 19.4 Å². The van der Waals surface area contributed by atoms with Gasteiger partial charge in [0.2, 0.25) is 5.91 Å². The molecule has 8 heteroatoms. The van der Waals surface area contributed by atoms with Gasteiger partial charge in [0.25, 0.3) is 0 Å². The summed E-state index contributed by atoms with van der Waals surface area (Å²) in [5, 5.41) is 14.0. The van der Waals surface area contributed by atoms with E-state index in [2.05, 4.69) is 46.3 Å². The van der Waals surface area contributed by atoms with E-state index >= 15 is 0 Å². The zero-order valence-corrected chi connectivity index (χ0v) is 24.2. The second-order valence-corrected chi connectivity index (χ2v) is 12.2. The van der Waals surface area contributed by atoms with Gasteiger partial charge in [-0.1, -0.05) is 43.5 Å². The minimum Gasteiger partial charge on any atom is -0.478 e. The molecule has 0 bridgehead atoms. The molecule has 0 unspecified atom stereocenters. The Kier molecular flexibility index (Phi) is 7.25. The lowest BCUT2D eigenvalue weighted by Gasteiger charge is -2.28. The van der Waals surface area contributed by atoms with Crippen molar-refractivity contribution in [2.24, 2.45) is 0 Å². The topological polar surface area (TPSA) is 84.7 Å². The minimum atomic E-state index is -0.969. The van der Waals surface area contributed by atoms with Crippen LogP contribution in [0.3, 0.4) is 0 Å². The molecule has 0 radical (unpaired) electrons. The van der Waals surface area contributed by atoms with Crippen LogP contribution < -0.4 is 0 Å². The molecule has 0 spiro atoms. The first kappa shape index (κ1) is 26.9. The number of morpholine rings is 1. The van der Waals surface area contributed by atoms with Crippen molar-refractivity contribution in [3.8, 4) is 21.8 Å². The van der Waals surface area contributed by atoms with E-state index in [0.29, 0.717) is 32.2 Å². The number of benzene rings is 2. The van der Waals surface area contributed by atoms with E-state index in [1.54, 1.807) is 23.5 Å². The van der Waals surface area contributed by atoms with Crippen LogP contribution in [0.2, 0.25) is 0 Å². The van der Waals surface area contributed by atoms with Crippen LogP contribution in [-0.2, 0) is 16.1 Å². The third-order valence-electron chi connectivity index (χ3n) is 8.76. The Morgan fingerprint density at radius 3 is 2.57 bits per heavy atom. The van der Waals surface area contributed by atoms with Crippen molar-refractivity contribution in [3.05, 3.63) is 77.2 Å². The molecule has 7 nitrogen and oxygen atoms in total. The lowest BCUT2D eigenvalue weighted by molar-refractivity contribution is -0.135. The number of aromatic carboxylic acids is 1. The maximum atomic E-state index is 13.7. The number of amides is 1. The first-order valence-electron chi connectivity index (χ1n) is 14.8. The fraction of sp³-hybridized carbons (Fsp3) is 0.324. The molecular formula is C34H33N3O4S. The van der Waals surface area contributed by atoms with Crippen LogP contribution in [0.5, 0.6) is 0 Å². The standard InChI is InChI=1S/C34H33N3O4S/c38-31(36-14-16-41-17-15-36)21-37-29-20-25(34(39)40)8-11-26(29)32(22-5-2-1-3-6-22)33(37)24-10-12-27-23(19-24)9-13-28(35-27)30-7-4-18-42-30/h4,7-13,18-20,22H,1-3,5-6,14-17,21H2,(H,39,40). The number of carboxylic acids is 1. The highest BCUT2D eigenvalue weighted by Crippen LogP contribution is 2.45. The second kappa shape index (κ2) is 11.3. The summed E-state index contributed by atoms with van der Waals surface area (Å²) in [6.45, 7) is 2.35. The average molecular weight is 580 g/mol. The SMILES string of the molecule is O=C(O)c1ccc2c(C3CCCCC3)c(-c3ccc4nc(-c5cccs5)ccc4c3)n(CC(=O)N3CCOCC3)c2c1. The number of hydrogen-bond acceptors (Lipinski definition) is 5. The number of thiophene rings is 1. The van der Waals surface area contributed by atoms with Crippen molar-refractivity contribution in [3.63, 3.8) is 0 Å². The van der Waals surface area contributed by atoms with Crippen LogP contribution >= 0.6 is 11.3 Å². The number of aromatic nitrogens is 2. The fourth-order valence-corrected chi connectivity index (χ4v) is 7.37. The Bertz CT molecular complexity index is 1780. The maximum absolute atomic E-state index is 13.7. The highest BCUT2D eigenvalue weighted by atomic mass is 32.1. The first-order valence-corrected chi connectivity index (χ1v) is 15.6. The highest BCUT2D eigenvalue weighted by molar-refractivity contribution is 7.13. The molecule has 42 heavy (non-hydrogen) atoms. The molecule has 1 amide bonds. The van der Waals surface area contributed by atoms with Gasteiger partial charge in [-0.3, -0.25) is 4.79 Å². The first-order chi connectivity index (χ1) is 20.6. The van der Waals surface area contributed by atoms with E-state index < -0.39 is 5.97 Å². The van der Waals surface area contributed by atoms with Gasteiger partial charge >= 0.3 is 5.97 Å². The Labute approximate surface area is 248 Å². The van der Waals surface area contributed by atoms with Crippen molar-refractivity contribution in [1.29, 1.82) is 0 Å². The van der Waals surface area contributed by atoms with Gasteiger partial charge in [0, 0.05) is 23.9 Å². The molecule has 2 aliphatic rings. The molecule has 7 rings (SSSR count). The Morgan fingerprint density at radius 2 is 1.81 bits per heavy atom. The highest BCUT2D eigenvalue weighted by Gasteiger charge is 2.29. The molecule has 2 aromatic carbocycles. The van der Waals surface area contributed by atoms with E-state index in [4.69, 9.17) is 9.72 Å². The number of carbonyl (C=O) groups excluding carboxylic acids is 1. The summed E-state index contributed by atoms with van der Waals surface area (Å²) in [6.07, 6.45) is 5.75. The summed E-state index contributed by atoms with van der Waals surface area (Å²) in [6, 6.07) is 20.1. The quantitative estimate of drug-likeness (QED) is 0.230.